The summed E-state index contributed by atoms with van der Waals surface area (Å²) in [6, 6.07) is 8.05. The molecule has 1 saturated heterocycles. The van der Waals surface area contributed by atoms with Crippen molar-refractivity contribution >= 4 is 5.91 Å². The predicted octanol–water partition coefficient (Wildman–Crippen LogP) is 2.75. The van der Waals surface area contributed by atoms with Crippen molar-refractivity contribution in [2.75, 3.05) is 20.3 Å². The van der Waals surface area contributed by atoms with Crippen molar-refractivity contribution in [2.45, 2.75) is 44.4 Å². The molecule has 0 unspecified atom stereocenters. The van der Waals surface area contributed by atoms with E-state index in [2.05, 4.69) is 0 Å². The highest BCUT2D eigenvalue weighted by Gasteiger charge is 2.41. The molecular weight excluding hydrogens is 266 g/mol. The van der Waals surface area contributed by atoms with E-state index in [9.17, 15) is 4.79 Å². The number of rotatable bonds is 2. The largest absolute Gasteiger partial charge is 0.348 e. The highest BCUT2D eigenvalue weighted by Crippen LogP contribution is 2.37. The first-order chi connectivity index (χ1) is 10.1. The molecule has 2 fully saturated rings. The Bertz CT molecular complexity index is 495. The maximum Gasteiger partial charge on any atom is 0.253 e. The highest BCUT2D eigenvalue weighted by molar-refractivity contribution is 5.94. The number of carbonyl (C=O) groups is 1. The number of ether oxygens (including phenoxy) is 2. The van der Waals surface area contributed by atoms with Gasteiger partial charge < -0.3 is 14.4 Å². The second-order valence-corrected chi connectivity index (χ2v) is 6.12. The number of carbonyl (C=O) groups excluding carboxylic acids is 1. The summed E-state index contributed by atoms with van der Waals surface area (Å²) in [5.41, 5.74) is 1.93. The Morgan fingerprint density at radius 2 is 1.71 bits per heavy atom. The monoisotopic (exact) mass is 289 g/mol. The first kappa shape index (κ1) is 14.5. The Labute approximate surface area is 126 Å². The topological polar surface area (TPSA) is 38.8 Å². The van der Waals surface area contributed by atoms with Gasteiger partial charge in [0.1, 0.15) is 0 Å². The average molecular weight is 289 g/mol. The summed E-state index contributed by atoms with van der Waals surface area (Å²) in [7, 11) is 1.90. The number of amides is 1. The van der Waals surface area contributed by atoms with Gasteiger partial charge in [-0.2, -0.15) is 0 Å². The van der Waals surface area contributed by atoms with Crippen molar-refractivity contribution in [3.05, 3.63) is 35.4 Å². The Hall–Kier alpha value is -1.39. The van der Waals surface area contributed by atoms with E-state index >= 15 is 0 Å². The zero-order valence-corrected chi connectivity index (χ0v) is 12.8. The van der Waals surface area contributed by atoms with E-state index in [4.69, 9.17) is 9.47 Å². The van der Waals surface area contributed by atoms with E-state index in [1.54, 1.807) is 0 Å². The van der Waals surface area contributed by atoms with Crippen molar-refractivity contribution in [2.24, 2.45) is 0 Å². The Balaban J connectivity index is 1.62. The quantitative estimate of drug-likeness (QED) is 0.840. The molecule has 1 aromatic rings. The third-order valence-corrected chi connectivity index (χ3v) is 4.70. The third-order valence-electron chi connectivity index (χ3n) is 4.70. The number of hydrogen-bond donors (Lipinski definition) is 0. The van der Waals surface area contributed by atoms with Crippen LogP contribution in [0.25, 0.3) is 0 Å². The minimum Gasteiger partial charge on any atom is -0.348 e. The minimum atomic E-state index is -0.357. The van der Waals surface area contributed by atoms with Crippen molar-refractivity contribution in [3.63, 3.8) is 0 Å². The summed E-state index contributed by atoms with van der Waals surface area (Å²) in [6.07, 6.45) is 3.63. The van der Waals surface area contributed by atoms with Crippen molar-refractivity contribution in [1.82, 2.24) is 4.90 Å². The van der Waals surface area contributed by atoms with Crippen LogP contribution in [0.3, 0.4) is 0 Å². The molecule has 4 heteroatoms. The lowest BCUT2D eigenvalue weighted by atomic mass is 9.89. The van der Waals surface area contributed by atoms with Gasteiger partial charge in [0.15, 0.2) is 5.79 Å². The van der Waals surface area contributed by atoms with E-state index in [0.29, 0.717) is 13.2 Å². The molecule has 0 bridgehead atoms. The summed E-state index contributed by atoms with van der Waals surface area (Å²) < 4.78 is 11.5. The summed E-state index contributed by atoms with van der Waals surface area (Å²) in [5, 5.41) is 0. The Morgan fingerprint density at radius 1 is 1.14 bits per heavy atom. The smallest absolute Gasteiger partial charge is 0.253 e. The van der Waals surface area contributed by atoms with Crippen LogP contribution in [-0.2, 0) is 9.47 Å². The van der Waals surface area contributed by atoms with Gasteiger partial charge in [-0.15, -0.1) is 0 Å². The summed E-state index contributed by atoms with van der Waals surface area (Å²) in [4.78, 5) is 14.4. The maximum absolute atomic E-state index is 12.5. The fraction of sp³-hybridized carbons (Fsp3) is 0.588. The molecule has 1 spiro atoms. The Kier molecular flexibility index (Phi) is 4.00. The van der Waals surface area contributed by atoms with Crippen LogP contribution >= 0.6 is 0 Å². The van der Waals surface area contributed by atoms with Crippen molar-refractivity contribution < 1.29 is 14.3 Å². The first-order valence-electron chi connectivity index (χ1n) is 7.71. The highest BCUT2D eigenvalue weighted by atomic mass is 16.7. The van der Waals surface area contributed by atoms with Crippen LogP contribution in [0.5, 0.6) is 0 Å². The summed E-state index contributed by atoms with van der Waals surface area (Å²) in [5.74, 6) is -0.256. The minimum absolute atomic E-state index is 0.101. The summed E-state index contributed by atoms with van der Waals surface area (Å²) >= 11 is 0. The van der Waals surface area contributed by atoms with Gasteiger partial charge in [0.25, 0.3) is 5.91 Å². The van der Waals surface area contributed by atoms with E-state index < -0.39 is 0 Å². The lowest BCUT2D eigenvalue weighted by molar-refractivity contribution is -0.182. The zero-order chi connectivity index (χ0) is 14.9. The number of benzene rings is 1. The van der Waals surface area contributed by atoms with E-state index in [1.807, 2.05) is 43.1 Å². The third kappa shape index (κ3) is 2.97. The Morgan fingerprint density at radius 3 is 2.29 bits per heavy atom. The molecule has 1 aromatic carbocycles. The van der Waals surface area contributed by atoms with Crippen LogP contribution in [0.15, 0.2) is 24.3 Å². The molecule has 0 atom stereocenters. The van der Waals surface area contributed by atoms with Crippen molar-refractivity contribution in [3.8, 4) is 0 Å². The van der Waals surface area contributed by atoms with Gasteiger partial charge in [-0.25, -0.2) is 0 Å². The van der Waals surface area contributed by atoms with Crippen LogP contribution in [-0.4, -0.2) is 42.9 Å². The van der Waals surface area contributed by atoms with Gasteiger partial charge in [0.2, 0.25) is 0 Å². The van der Waals surface area contributed by atoms with Crippen LogP contribution in [0.4, 0.5) is 0 Å². The molecule has 114 valence electrons. The lowest BCUT2D eigenvalue weighted by Gasteiger charge is -2.39. The molecule has 2 aliphatic rings. The molecule has 1 heterocycles. The molecule has 1 amide bonds. The van der Waals surface area contributed by atoms with Crippen LogP contribution in [0.1, 0.15) is 41.6 Å². The number of hydrogen-bond acceptors (Lipinski definition) is 3. The van der Waals surface area contributed by atoms with Gasteiger partial charge in [-0.1, -0.05) is 17.7 Å². The molecule has 4 nitrogen and oxygen atoms in total. The number of nitrogens with zero attached hydrogens (tertiary/aromatic N) is 1. The van der Waals surface area contributed by atoms with Gasteiger partial charge >= 0.3 is 0 Å². The zero-order valence-electron chi connectivity index (χ0n) is 12.8. The number of aryl methyl sites for hydroxylation is 1. The van der Waals surface area contributed by atoms with Gasteiger partial charge in [-0.3, -0.25) is 4.79 Å². The average Bonchev–Trinajstić information content (AvgIpc) is 2.96. The van der Waals surface area contributed by atoms with Gasteiger partial charge in [-0.05, 0) is 31.9 Å². The van der Waals surface area contributed by atoms with Crippen LogP contribution < -0.4 is 0 Å². The standard InChI is InChI=1S/C17H23NO3/c1-13-3-5-14(6-4-13)16(19)18(2)15-7-9-17(10-8-15)20-11-12-21-17/h3-6,15H,7-12H2,1-2H3. The normalized spacial score (nSPS) is 21.6. The van der Waals surface area contributed by atoms with Crippen LogP contribution in [0, 0.1) is 6.92 Å². The second kappa shape index (κ2) is 5.78. The fourth-order valence-electron chi connectivity index (χ4n) is 3.28. The fourth-order valence-corrected chi connectivity index (χ4v) is 3.28. The van der Waals surface area contributed by atoms with E-state index in [1.165, 1.54) is 5.56 Å². The predicted molar refractivity (Wildman–Crippen MR) is 80.2 cm³/mol. The maximum atomic E-state index is 12.5. The van der Waals surface area contributed by atoms with Crippen LogP contribution in [0.2, 0.25) is 0 Å². The van der Waals surface area contributed by atoms with Gasteiger partial charge in [0, 0.05) is 31.5 Å². The molecule has 1 aliphatic carbocycles. The van der Waals surface area contributed by atoms with E-state index in [0.717, 1.165) is 31.2 Å². The SMILES string of the molecule is Cc1ccc(C(=O)N(C)C2CCC3(CC2)OCCO3)cc1. The molecule has 3 rings (SSSR count). The van der Waals surface area contributed by atoms with Gasteiger partial charge in [0.05, 0.1) is 13.2 Å². The van der Waals surface area contributed by atoms with E-state index in [-0.39, 0.29) is 17.7 Å². The molecule has 0 aromatic heterocycles. The molecule has 1 saturated carbocycles. The first-order valence-corrected chi connectivity index (χ1v) is 7.71. The molecular formula is C17H23NO3. The molecule has 0 N–H and O–H groups in total. The molecule has 0 radical (unpaired) electrons. The summed E-state index contributed by atoms with van der Waals surface area (Å²) in [6.45, 7) is 3.42. The molecule has 21 heavy (non-hydrogen) atoms. The second-order valence-electron chi connectivity index (χ2n) is 6.12. The van der Waals surface area contributed by atoms with Crippen molar-refractivity contribution in [1.29, 1.82) is 0 Å². The molecule has 1 aliphatic heterocycles. The lowest BCUT2D eigenvalue weighted by Crippen LogP contribution is -2.44.